The number of aromatic nitrogens is 2. The van der Waals surface area contributed by atoms with Crippen LogP contribution in [0.25, 0.3) is 22.5 Å². The molecule has 0 unspecified atom stereocenters. The summed E-state index contributed by atoms with van der Waals surface area (Å²) in [7, 11) is 0. The molecular formula is C24H28N4O. The number of hydrogen-bond donors (Lipinski definition) is 0. The summed E-state index contributed by atoms with van der Waals surface area (Å²) >= 11 is 0. The van der Waals surface area contributed by atoms with Crippen LogP contribution in [0.15, 0.2) is 53.1 Å². The Bertz CT molecular complexity index is 942. The largest absolute Gasteiger partial charge is 0.339 e. The SMILES string of the molecule is Cc1nc(-c2ccc(-c3ccc(CN4CC[C@H](N5CCCC5)C4)cc3)cc2)no1. The topological polar surface area (TPSA) is 45.4 Å². The second-order valence-corrected chi connectivity index (χ2v) is 8.33. The maximum Gasteiger partial charge on any atom is 0.223 e. The molecule has 1 aromatic heterocycles. The second kappa shape index (κ2) is 8.09. The molecule has 3 aromatic rings. The van der Waals surface area contributed by atoms with Crippen LogP contribution in [0.5, 0.6) is 0 Å². The molecule has 5 heteroatoms. The Morgan fingerprint density at radius 2 is 1.55 bits per heavy atom. The normalized spacial score (nSPS) is 20.5. The summed E-state index contributed by atoms with van der Waals surface area (Å²) in [6, 6.07) is 18.1. The number of likely N-dealkylation sites (tertiary alicyclic amines) is 2. The van der Waals surface area contributed by atoms with Gasteiger partial charge in [0.1, 0.15) is 0 Å². The first-order valence-corrected chi connectivity index (χ1v) is 10.7. The predicted molar refractivity (Wildman–Crippen MR) is 114 cm³/mol. The monoisotopic (exact) mass is 388 g/mol. The molecule has 2 aliphatic rings. The van der Waals surface area contributed by atoms with Gasteiger partial charge in [0.25, 0.3) is 0 Å². The first-order valence-electron chi connectivity index (χ1n) is 10.7. The maximum absolute atomic E-state index is 5.07. The van der Waals surface area contributed by atoms with Crippen LogP contribution < -0.4 is 0 Å². The van der Waals surface area contributed by atoms with E-state index in [9.17, 15) is 0 Å². The molecule has 2 aliphatic heterocycles. The highest BCUT2D eigenvalue weighted by Gasteiger charge is 2.28. The number of aryl methyl sites for hydroxylation is 1. The minimum absolute atomic E-state index is 0.587. The first kappa shape index (κ1) is 18.5. The van der Waals surface area contributed by atoms with E-state index < -0.39 is 0 Å². The van der Waals surface area contributed by atoms with Crippen molar-refractivity contribution in [3.63, 3.8) is 0 Å². The van der Waals surface area contributed by atoms with Crippen LogP contribution in [0.3, 0.4) is 0 Å². The lowest BCUT2D eigenvalue weighted by Crippen LogP contribution is -2.35. The van der Waals surface area contributed by atoms with Crippen molar-refractivity contribution in [3.8, 4) is 22.5 Å². The fraction of sp³-hybridized carbons (Fsp3) is 0.417. The van der Waals surface area contributed by atoms with Gasteiger partial charge in [-0.05, 0) is 49.0 Å². The van der Waals surface area contributed by atoms with Gasteiger partial charge in [-0.15, -0.1) is 0 Å². The summed E-state index contributed by atoms with van der Waals surface area (Å²) in [6.45, 7) is 7.91. The molecule has 5 rings (SSSR count). The average Bonchev–Trinajstić information content (AvgIpc) is 3.51. The molecule has 2 aromatic carbocycles. The third-order valence-corrected chi connectivity index (χ3v) is 6.27. The van der Waals surface area contributed by atoms with Gasteiger partial charge in [0.05, 0.1) is 0 Å². The van der Waals surface area contributed by atoms with E-state index in [0.717, 1.165) is 18.2 Å². The standard InChI is InChI=1S/C24H28N4O/c1-18-25-24(26-29-18)22-10-8-21(9-11-22)20-6-4-19(5-7-20)16-27-15-12-23(17-27)28-13-2-3-14-28/h4-11,23H,2-3,12-17H2,1H3/t23-/m0/s1. The van der Waals surface area contributed by atoms with Crippen LogP contribution in [0, 0.1) is 6.92 Å². The predicted octanol–water partition coefficient (Wildman–Crippen LogP) is 4.38. The third-order valence-electron chi connectivity index (χ3n) is 6.27. The molecule has 2 saturated heterocycles. The maximum atomic E-state index is 5.07. The summed E-state index contributed by atoms with van der Waals surface area (Å²) in [5.41, 5.74) is 4.82. The Hall–Kier alpha value is -2.50. The van der Waals surface area contributed by atoms with Crippen molar-refractivity contribution >= 4 is 0 Å². The van der Waals surface area contributed by atoms with Crippen molar-refractivity contribution in [3.05, 3.63) is 60.0 Å². The van der Waals surface area contributed by atoms with Gasteiger partial charge in [-0.3, -0.25) is 9.80 Å². The van der Waals surface area contributed by atoms with E-state index in [1.807, 2.05) is 0 Å². The van der Waals surface area contributed by atoms with Crippen molar-refractivity contribution < 1.29 is 4.52 Å². The van der Waals surface area contributed by atoms with E-state index >= 15 is 0 Å². The quantitative estimate of drug-likeness (QED) is 0.649. The van der Waals surface area contributed by atoms with E-state index in [1.165, 1.54) is 62.1 Å². The van der Waals surface area contributed by atoms with E-state index in [-0.39, 0.29) is 0 Å². The van der Waals surface area contributed by atoms with Crippen molar-refractivity contribution in [1.82, 2.24) is 19.9 Å². The van der Waals surface area contributed by atoms with Gasteiger partial charge in [-0.1, -0.05) is 53.7 Å². The molecule has 0 amide bonds. The molecule has 150 valence electrons. The van der Waals surface area contributed by atoms with Gasteiger partial charge in [-0.2, -0.15) is 4.98 Å². The van der Waals surface area contributed by atoms with Gasteiger partial charge < -0.3 is 4.52 Å². The Labute approximate surface area is 172 Å². The van der Waals surface area contributed by atoms with Gasteiger partial charge in [0.2, 0.25) is 11.7 Å². The fourth-order valence-corrected chi connectivity index (χ4v) is 4.65. The Morgan fingerprint density at radius 3 is 2.21 bits per heavy atom. The highest BCUT2D eigenvalue weighted by molar-refractivity contribution is 5.67. The lowest BCUT2D eigenvalue weighted by Gasteiger charge is -2.23. The Balaban J connectivity index is 1.21. The molecule has 1 atom stereocenters. The zero-order valence-electron chi connectivity index (χ0n) is 17.1. The third kappa shape index (κ3) is 4.11. The smallest absolute Gasteiger partial charge is 0.223 e. The zero-order chi connectivity index (χ0) is 19.6. The number of hydrogen-bond acceptors (Lipinski definition) is 5. The Morgan fingerprint density at radius 1 is 0.897 bits per heavy atom. The summed E-state index contributed by atoms with van der Waals surface area (Å²) < 4.78 is 5.07. The molecule has 0 N–H and O–H groups in total. The number of benzene rings is 2. The van der Waals surface area contributed by atoms with E-state index in [1.54, 1.807) is 6.92 Å². The van der Waals surface area contributed by atoms with Gasteiger partial charge >= 0.3 is 0 Å². The molecule has 0 saturated carbocycles. The lowest BCUT2D eigenvalue weighted by atomic mass is 10.0. The fourth-order valence-electron chi connectivity index (χ4n) is 4.65. The van der Waals surface area contributed by atoms with Gasteiger partial charge in [0, 0.05) is 38.2 Å². The van der Waals surface area contributed by atoms with Crippen LogP contribution in [0.4, 0.5) is 0 Å². The second-order valence-electron chi connectivity index (χ2n) is 8.33. The van der Waals surface area contributed by atoms with Crippen molar-refractivity contribution in [2.75, 3.05) is 26.2 Å². The van der Waals surface area contributed by atoms with Crippen molar-refractivity contribution in [2.45, 2.75) is 38.8 Å². The van der Waals surface area contributed by atoms with Crippen LogP contribution in [0.2, 0.25) is 0 Å². The summed E-state index contributed by atoms with van der Waals surface area (Å²) in [5.74, 6) is 1.23. The molecule has 0 bridgehead atoms. The van der Waals surface area contributed by atoms with Crippen LogP contribution in [0.1, 0.15) is 30.7 Å². The lowest BCUT2D eigenvalue weighted by molar-refractivity contribution is 0.230. The van der Waals surface area contributed by atoms with E-state index in [2.05, 4.69) is 68.5 Å². The van der Waals surface area contributed by atoms with Gasteiger partial charge in [0.15, 0.2) is 0 Å². The molecule has 29 heavy (non-hydrogen) atoms. The molecule has 0 radical (unpaired) electrons. The van der Waals surface area contributed by atoms with Crippen molar-refractivity contribution in [2.24, 2.45) is 0 Å². The van der Waals surface area contributed by atoms with E-state index in [4.69, 9.17) is 4.52 Å². The van der Waals surface area contributed by atoms with E-state index in [0.29, 0.717) is 11.7 Å². The van der Waals surface area contributed by atoms with Crippen LogP contribution in [-0.2, 0) is 6.54 Å². The van der Waals surface area contributed by atoms with Crippen LogP contribution in [-0.4, -0.2) is 52.2 Å². The summed E-state index contributed by atoms with van der Waals surface area (Å²) in [5, 5.41) is 3.99. The zero-order valence-corrected chi connectivity index (χ0v) is 17.1. The minimum atomic E-state index is 0.587. The Kier molecular flexibility index (Phi) is 5.17. The average molecular weight is 389 g/mol. The van der Waals surface area contributed by atoms with Gasteiger partial charge in [-0.25, -0.2) is 0 Å². The minimum Gasteiger partial charge on any atom is -0.339 e. The molecule has 5 nitrogen and oxygen atoms in total. The number of rotatable bonds is 5. The first-order chi connectivity index (χ1) is 14.2. The highest BCUT2D eigenvalue weighted by atomic mass is 16.5. The summed E-state index contributed by atoms with van der Waals surface area (Å²) in [6.07, 6.45) is 4.09. The summed E-state index contributed by atoms with van der Waals surface area (Å²) in [4.78, 5) is 9.60. The highest BCUT2D eigenvalue weighted by Crippen LogP contribution is 2.25. The molecule has 0 aliphatic carbocycles. The molecule has 2 fully saturated rings. The number of nitrogens with zero attached hydrogens (tertiary/aromatic N) is 4. The van der Waals surface area contributed by atoms with Crippen molar-refractivity contribution in [1.29, 1.82) is 0 Å². The molecule has 3 heterocycles. The molecule has 0 spiro atoms. The molecular weight excluding hydrogens is 360 g/mol. The van der Waals surface area contributed by atoms with Crippen LogP contribution >= 0.6 is 0 Å².